The van der Waals surface area contributed by atoms with Crippen molar-refractivity contribution < 1.29 is 19.4 Å². The van der Waals surface area contributed by atoms with Crippen LogP contribution in [0.2, 0.25) is 0 Å². The lowest BCUT2D eigenvalue weighted by atomic mass is 10.1. The van der Waals surface area contributed by atoms with Crippen molar-refractivity contribution in [1.29, 1.82) is 0 Å². The summed E-state index contributed by atoms with van der Waals surface area (Å²) in [7, 11) is 0. The van der Waals surface area contributed by atoms with Gasteiger partial charge in [-0.25, -0.2) is 4.79 Å². The fourth-order valence-electron chi connectivity index (χ4n) is 2.48. The van der Waals surface area contributed by atoms with E-state index in [0.717, 1.165) is 12.8 Å². The summed E-state index contributed by atoms with van der Waals surface area (Å²) < 4.78 is 10.2. The van der Waals surface area contributed by atoms with Gasteiger partial charge < -0.3 is 14.6 Å². The largest absolute Gasteiger partial charge is 0.477 e. The molecule has 0 amide bonds. The van der Waals surface area contributed by atoms with Crippen molar-refractivity contribution in [2.75, 3.05) is 13.2 Å². The maximum Gasteiger partial charge on any atom is 0.361 e. The zero-order valence-corrected chi connectivity index (χ0v) is 14.6. The Morgan fingerprint density at radius 3 is 1.64 bits per heavy atom. The molecule has 1 unspecified atom stereocenters. The van der Waals surface area contributed by atoms with Crippen LogP contribution in [0.25, 0.3) is 0 Å². The van der Waals surface area contributed by atoms with E-state index in [0.29, 0.717) is 13.2 Å². The average Bonchev–Trinajstić information content (AvgIpc) is 2.50. The molecule has 0 fully saturated rings. The highest BCUT2D eigenvalue weighted by Crippen LogP contribution is 2.12. The summed E-state index contributed by atoms with van der Waals surface area (Å²) in [6, 6.07) is 0. The lowest BCUT2D eigenvalue weighted by Crippen LogP contribution is -2.27. The summed E-state index contributed by atoms with van der Waals surface area (Å²) in [6.45, 7) is 4.84. The van der Waals surface area contributed by atoms with E-state index < -0.39 is 12.3 Å². The van der Waals surface area contributed by atoms with E-state index in [1.165, 1.54) is 64.2 Å². The molecule has 0 aromatic carbocycles. The minimum Gasteiger partial charge on any atom is -0.477 e. The van der Waals surface area contributed by atoms with Crippen LogP contribution >= 0.6 is 0 Å². The van der Waals surface area contributed by atoms with Crippen molar-refractivity contribution in [3.8, 4) is 0 Å². The molecule has 22 heavy (non-hydrogen) atoms. The maximum absolute atomic E-state index is 10.8. The molecule has 0 rings (SSSR count). The summed E-state index contributed by atoms with van der Waals surface area (Å²) in [4.78, 5) is 10.8. The predicted octanol–water partition coefficient (Wildman–Crippen LogP) is 5.15. The smallest absolute Gasteiger partial charge is 0.361 e. The standard InChI is InChI=1S/C18H36O4/c1-3-5-6-7-8-9-10-11-12-13-14-15-16-22-18(17(19)20)21-4-2/h18H,3-16H2,1-2H3,(H,19,20). The average molecular weight is 316 g/mol. The van der Waals surface area contributed by atoms with Crippen LogP contribution in [-0.4, -0.2) is 30.6 Å². The van der Waals surface area contributed by atoms with Crippen molar-refractivity contribution in [3.05, 3.63) is 0 Å². The van der Waals surface area contributed by atoms with Crippen LogP contribution in [0.5, 0.6) is 0 Å². The van der Waals surface area contributed by atoms with Gasteiger partial charge in [-0.1, -0.05) is 77.6 Å². The SMILES string of the molecule is CCCCCCCCCCCCCCOC(OCC)C(=O)O. The minimum atomic E-state index is -1.10. The molecule has 1 atom stereocenters. The Kier molecular flexibility index (Phi) is 16.3. The van der Waals surface area contributed by atoms with Crippen LogP contribution < -0.4 is 0 Å². The van der Waals surface area contributed by atoms with Crippen LogP contribution in [0.3, 0.4) is 0 Å². The van der Waals surface area contributed by atoms with Crippen LogP contribution in [0.1, 0.15) is 90.9 Å². The third-order valence-electron chi connectivity index (χ3n) is 3.79. The molecule has 0 heterocycles. The van der Waals surface area contributed by atoms with Gasteiger partial charge in [-0.3, -0.25) is 0 Å². The number of hydrogen-bond donors (Lipinski definition) is 1. The summed E-state index contributed by atoms with van der Waals surface area (Å²) in [5, 5.41) is 8.85. The Labute approximate surface area is 136 Å². The molecule has 0 aliphatic carbocycles. The Balaban J connectivity index is 3.21. The second-order valence-electron chi connectivity index (χ2n) is 5.89. The first-order valence-electron chi connectivity index (χ1n) is 9.18. The van der Waals surface area contributed by atoms with Gasteiger partial charge in [0.2, 0.25) is 0 Å². The Morgan fingerprint density at radius 2 is 1.23 bits per heavy atom. The van der Waals surface area contributed by atoms with E-state index in [4.69, 9.17) is 14.6 Å². The molecule has 0 radical (unpaired) electrons. The van der Waals surface area contributed by atoms with Gasteiger partial charge in [0.25, 0.3) is 6.29 Å². The Bertz CT molecular complexity index is 243. The van der Waals surface area contributed by atoms with Gasteiger partial charge in [-0.05, 0) is 13.3 Å². The van der Waals surface area contributed by atoms with Crippen molar-refractivity contribution in [1.82, 2.24) is 0 Å². The van der Waals surface area contributed by atoms with Crippen LogP contribution in [-0.2, 0) is 14.3 Å². The van der Waals surface area contributed by atoms with Gasteiger partial charge in [0, 0.05) is 6.61 Å². The van der Waals surface area contributed by atoms with Crippen LogP contribution in [0.4, 0.5) is 0 Å². The Hall–Kier alpha value is -0.610. The highest BCUT2D eigenvalue weighted by atomic mass is 16.7. The molecule has 132 valence electrons. The molecular weight excluding hydrogens is 280 g/mol. The predicted molar refractivity (Wildman–Crippen MR) is 90.1 cm³/mol. The number of unbranched alkanes of at least 4 members (excludes halogenated alkanes) is 11. The molecule has 0 aromatic heterocycles. The lowest BCUT2D eigenvalue weighted by Gasteiger charge is -2.12. The molecule has 0 aliphatic rings. The van der Waals surface area contributed by atoms with Crippen molar-refractivity contribution in [3.63, 3.8) is 0 Å². The number of ether oxygens (including phenoxy) is 2. The number of aliphatic carboxylic acids is 1. The number of carboxylic acids is 1. The number of hydrogen-bond acceptors (Lipinski definition) is 3. The topological polar surface area (TPSA) is 55.8 Å². The van der Waals surface area contributed by atoms with Gasteiger partial charge >= 0.3 is 5.97 Å². The molecular formula is C18H36O4. The van der Waals surface area contributed by atoms with E-state index in [1.54, 1.807) is 6.92 Å². The molecule has 1 N–H and O–H groups in total. The normalized spacial score (nSPS) is 12.5. The first-order chi connectivity index (χ1) is 10.7. The third-order valence-corrected chi connectivity index (χ3v) is 3.79. The number of carboxylic acid groups (broad SMARTS) is 1. The van der Waals surface area contributed by atoms with E-state index in [2.05, 4.69) is 6.92 Å². The quantitative estimate of drug-likeness (QED) is 0.298. The van der Waals surface area contributed by atoms with Gasteiger partial charge in [0.15, 0.2) is 0 Å². The molecule has 0 spiro atoms. The maximum atomic E-state index is 10.8. The highest BCUT2D eigenvalue weighted by molar-refractivity contribution is 5.70. The highest BCUT2D eigenvalue weighted by Gasteiger charge is 2.17. The number of carbonyl (C=O) groups is 1. The Morgan fingerprint density at radius 1 is 0.773 bits per heavy atom. The van der Waals surface area contributed by atoms with Crippen molar-refractivity contribution >= 4 is 5.97 Å². The van der Waals surface area contributed by atoms with Crippen molar-refractivity contribution in [2.45, 2.75) is 97.2 Å². The monoisotopic (exact) mass is 316 g/mol. The molecule has 0 saturated heterocycles. The second-order valence-corrected chi connectivity index (χ2v) is 5.89. The van der Waals surface area contributed by atoms with Crippen LogP contribution in [0, 0.1) is 0 Å². The van der Waals surface area contributed by atoms with Gasteiger partial charge in [0.1, 0.15) is 0 Å². The lowest BCUT2D eigenvalue weighted by molar-refractivity contribution is -0.188. The van der Waals surface area contributed by atoms with Crippen LogP contribution in [0.15, 0.2) is 0 Å². The summed E-state index contributed by atoms with van der Waals surface area (Å²) in [5.74, 6) is -1.04. The first kappa shape index (κ1) is 21.4. The zero-order valence-electron chi connectivity index (χ0n) is 14.6. The fourth-order valence-corrected chi connectivity index (χ4v) is 2.48. The zero-order chi connectivity index (χ0) is 16.5. The summed E-state index contributed by atoms with van der Waals surface area (Å²) in [6.07, 6.45) is 14.4. The van der Waals surface area contributed by atoms with Crippen molar-refractivity contribution in [2.24, 2.45) is 0 Å². The van der Waals surface area contributed by atoms with E-state index in [1.807, 2.05) is 0 Å². The molecule has 0 aliphatic heterocycles. The van der Waals surface area contributed by atoms with E-state index in [9.17, 15) is 4.79 Å². The summed E-state index contributed by atoms with van der Waals surface area (Å²) >= 11 is 0. The van der Waals surface area contributed by atoms with Gasteiger partial charge in [-0.15, -0.1) is 0 Å². The summed E-state index contributed by atoms with van der Waals surface area (Å²) in [5.41, 5.74) is 0. The third kappa shape index (κ3) is 14.3. The second kappa shape index (κ2) is 16.8. The molecule has 0 saturated carbocycles. The molecule has 0 bridgehead atoms. The number of rotatable bonds is 17. The van der Waals surface area contributed by atoms with Gasteiger partial charge in [0.05, 0.1) is 6.61 Å². The molecule has 0 aromatic rings. The van der Waals surface area contributed by atoms with Gasteiger partial charge in [-0.2, -0.15) is 0 Å². The minimum absolute atomic E-state index is 0.357. The molecule has 4 nitrogen and oxygen atoms in total. The first-order valence-corrected chi connectivity index (χ1v) is 9.18. The van der Waals surface area contributed by atoms with E-state index in [-0.39, 0.29) is 0 Å². The fraction of sp³-hybridized carbons (Fsp3) is 0.944. The molecule has 4 heteroatoms. The van der Waals surface area contributed by atoms with E-state index >= 15 is 0 Å².